The van der Waals surface area contributed by atoms with Gasteiger partial charge in [-0.15, -0.1) is 0 Å². The number of carbonyl (C=O) groups excluding carboxylic acids is 2. The smallest absolute Gasteiger partial charge is 0.286 e. The van der Waals surface area contributed by atoms with Crippen LogP contribution in [0.5, 0.6) is 0 Å². The minimum absolute atomic E-state index is 0.234. The first-order valence-electron chi connectivity index (χ1n) is 7.22. The van der Waals surface area contributed by atoms with Gasteiger partial charge in [0.15, 0.2) is 5.16 Å². The number of rotatable bonds is 5. The van der Waals surface area contributed by atoms with Crippen molar-refractivity contribution in [3.63, 3.8) is 0 Å². The summed E-state index contributed by atoms with van der Waals surface area (Å²) in [5.41, 5.74) is 7.84. The van der Waals surface area contributed by atoms with Crippen molar-refractivity contribution in [3.05, 3.63) is 39.4 Å². The van der Waals surface area contributed by atoms with Crippen molar-refractivity contribution >= 4 is 39.5 Å². The molecule has 2 aromatic heterocycles. The first-order valence-corrected chi connectivity index (χ1v) is 9.23. The van der Waals surface area contributed by atoms with Crippen LogP contribution < -0.4 is 10.9 Å². The van der Waals surface area contributed by atoms with Gasteiger partial charge in [-0.05, 0) is 54.1 Å². The molecule has 0 aliphatic heterocycles. The number of amides is 2. The molecule has 3 N–H and O–H groups in total. The largest absolute Gasteiger partial charge is 0.356 e. The number of aryl methyl sites for hydroxylation is 2. The van der Waals surface area contributed by atoms with Crippen LogP contribution in [0.2, 0.25) is 0 Å². The summed E-state index contributed by atoms with van der Waals surface area (Å²) in [6.45, 7) is 3.82. The van der Waals surface area contributed by atoms with Crippen LogP contribution in [0.1, 0.15) is 33.9 Å². The number of aromatic nitrogens is 3. The number of hydrogen-bond donors (Lipinski definition) is 3. The summed E-state index contributed by atoms with van der Waals surface area (Å²) in [6, 6.07) is 1.62. The number of carbonyl (C=O) groups is 2. The second-order valence-corrected chi connectivity index (χ2v) is 6.78. The van der Waals surface area contributed by atoms with E-state index < -0.39 is 5.91 Å². The van der Waals surface area contributed by atoms with Crippen LogP contribution in [0.4, 0.5) is 0 Å². The van der Waals surface area contributed by atoms with Crippen molar-refractivity contribution < 1.29 is 9.59 Å². The number of nitrogens with one attached hydrogen (secondary N) is 3. The van der Waals surface area contributed by atoms with E-state index >= 15 is 0 Å². The van der Waals surface area contributed by atoms with Gasteiger partial charge in [0, 0.05) is 28.5 Å². The van der Waals surface area contributed by atoms with Gasteiger partial charge in [0.05, 0.1) is 0 Å². The van der Waals surface area contributed by atoms with Gasteiger partial charge in [-0.2, -0.15) is 0 Å². The fourth-order valence-electron chi connectivity index (χ4n) is 2.16. The molecule has 2 heterocycles. The number of nitrogens with zero attached hydrogens (tertiary/aromatic N) is 2. The Bertz CT molecular complexity index is 739. The van der Waals surface area contributed by atoms with Crippen LogP contribution in [0.15, 0.2) is 21.9 Å². The normalized spacial score (nSPS) is 10.5. The third kappa shape index (κ3) is 4.81. The fourth-order valence-corrected chi connectivity index (χ4v) is 2.96. The molecule has 0 aliphatic carbocycles. The van der Waals surface area contributed by atoms with Crippen molar-refractivity contribution in [2.24, 2.45) is 0 Å². The lowest BCUT2D eigenvalue weighted by molar-refractivity contribution is -0.121. The lowest BCUT2D eigenvalue weighted by atomic mass is 10.1. The van der Waals surface area contributed by atoms with Gasteiger partial charge in [0.25, 0.3) is 5.91 Å². The van der Waals surface area contributed by atoms with Crippen LogP contribution in [-0.4, -0.2) is 33.0 Å². The summed E-state index contributed by atoms with van der Waals surface area (Å²) in [5.74, 6) is -0.684. The lowest BCUT2D eigenvalue weighted by Crippen LogP contribution is -2.41. The Morgan fingerprint density at radius 2 is 1.92 bits per heavy atom. The Morgan fingerprint density at radius 3 is 2.46 bits per heavy atom. The van der Waals surface area contributed by atoms with Gasteiger partial charge in [-0.3, -0.25) is 20.4 Å². The Kier molecular flexibility index (Phi) is 6.38. The van der Waals surface area contributed by atoms with E-state index in [9.17, 15) is 9.59 Å². The highest BCUT2D eigenvalue weighted by atomic mass is 79.9. The maximum atomic E-state index is 11.9. The van der Waals surface area contributed by atoms with Gasteiger partial charge in [-0.1, -0.05) is 11.8 Å². The molecule has 9 heteroatoms. The zero-order valence-corrected chi connectivity index (χ0v) is 16.0. The third-order valence-electron chi connectivity index (χ3n) is 3.39. The number of aromatic amines is 1. The van der Waals surface area contributed by atoms with Gasteiger partial charge in [0.1, 0.15) is 5.69 Å². The molecule has 0 unspecified atom stereocenters. The first kappa shape index (κ1) is 18.5. The van der Waals surface area contributed by atoms with Gasteiger partial charge < -0.3 is 4.98 Å². The molecule has 0 aromatic carbocycles. The predicted molar refractivity (Wildman–Crippen MR) is 95.7 cm³/mol. The molecule has 0 atom stereocenters. The van der Waals surface area contributed by atoms with Gasteiger partial charge in [0.2, 0.25) is 5.91 Å². The SMILES string of the molecule is CSc1nc(C)c(CCC(=O)NNC(=O)c2cc(Br)c[nH]2)c(C)n1. The molecular formula is C15H18BrN5O2S. The average molecular weight is 412 g/mol. The standard InChI is InChI=1S/C15H18BrN5O2S/c1-8-11(9(2)19-15(18-8)24-3)4-5-13(22)20-21-14(23)12-6-10(16)7-17-12/h6-7,17H,4-5H2,1-3H3,(H,20,22)(H,21,23). The fraction of sp³-hybridized carbons (Fsp3) is 0.333. The summed E-state index contributed by atoms with van der Waals surface area (Å²) in [7, 11) is 0. The number of H-pyrrole nitrogens is 1. The molecule has 128 valence electrons. The molecule has 0 aliphatic rings. The topological polar surface area (TPSA) is 99.8 Å². The monoisotopic (exact) mass is 411 g/mol. The molecule has 0 spiro atoms. The van der Waals surface area contributed by atoms with E-state index in [2.05, 4.69) is 41.7 Å². The van der Waals surface area contributed by atoms with E-state index in [4.69, 9.17) is 0 Å². The van der Waals surface area contributed by atoms with Crippen LogP contribution in [0.3, 0.4) is 0 Å². The van der Waals surface area contributed by atoms with Crippen molar-refractivity contribution in [2.45, 2.75) is 31.8 Å². The van der Waals surface area contributed by atoms with E-state index in [0.717, 1.165) is 26.6 Å². The van der Waals surface area contributed by atoms with Crippen LogP contribution >= 0.6 is 27.7 Å². The highest BCUT2D eigenvalue weighted by molar-refractivity contribution is 9.10. The predicted octanol–water partition coefficient (Wildman–Crippen LogP) is 2.30. The summed E-state index contributed by atoms with van der Waals surface area (Å²) in [4.78, 5) is 35.3. The lowest BCUT2D eigenvalue weighted by Gasteiger charge is -2.10. The highest BCUT2D eigenvalue weighted by Crippen LogP contribution is 2.17. The van der Waals surface area contributed by atoms with E-state index in [0.29, 0.717) is 12.1 Å². The highest BCUT2D eigenvalue weighted by Gasteiger charge is 2.12. The molecule has 2 amide bonds. The van der Waals surface area contributed by atoms with Gasteiger partial charge in [-0.25, -0.2) is 9.97 Å². The molecule has 2 rings (SSSR count). The Morgan fingerprint density at radius 1 is 1.25 bits per heavy atom. The minimum Gasteiger partial charge on any atom is -0.356 e. The second-order valence-electron chi connectivity index (χ2n) is 5.09. The molecule has 0 bridgehead atoms. The molecule has 0 saturated heterocycles. The summed E-state index contributed by atoms with van der Waals surface area (Å²) in [5, 5.41) is 0.725. The number of hydrogen-bond acceptors (Lipinski definition) is 5. The summed E-state index contributed by atoms with van der Waals surface area (Å²) in [6.07, 6.45) is 4.31. The number of thioether (sulfide) groups is 1. The van der Waals surface area contributed by atoms with E-state index in [-0.39, 0.29) is 12.3 Å². The van der Waals surface area contributed by atoms with Crippen LogP contribution in [0, 0.1) is 13.8 Å². The van der Waals surface area contributed by atoms with E-state index in [1.165, 1.54) is 11.8 Å². The maximum absolute atomic E-state index is 11.9. The second kappa shape index (κ2) is 8.29. The average Bonchev–Trinajstić information content (AvgIpc) is 2.98. The molecule has 0 saturated carbocycles. The molecule has 0 fully saturated rings. The number of hydrazine groups is 1. The van der Waals surface area contributed by atoms with E-state index in [1.807, 2.05) is 20.1 Å². The zero-order valence-electron chi connectivity index (χ0n) is 13.6. The van der Waals surface area contributed by atoms with E-state index in [1.54, 1.807) is 12.3 Å². The Hall–Kier alpha value is -1.87. The minimum atomic E-state index is -0.408. The summed E-state index contributed by atoms with van der Waals surface area (Å²) >= 11 is 4.73. The number of halogens is 1. The van der Waals surface area contributed by atoms with Crippen molar-refractivity contribution in [2.75, 3.05) is 6.26 Å². The third-order valence-corrected chi connectivity index (χ3v) is 4.40. The Labute approximate surface area is 152 Å². The van der Waals surface area contributed by atoms with Crippen molar-refractivity contribution in [3.8, 4) is 0 Å². The molecular weight excluding hydrogens is 394 g/mol. The molecule has 7 nitrogen and oxygen atoms in total. The molecule has 24 heavy (non-hydrogen) atoms. The quantitative estimate of drug-likeness (QED) is 0.398. The van der Waals surface area contributed by atoms with Gasteiger partial charge >= 0.3 is 0 Å². The summed E-state index contributed by atoms with van der Waals surface area (Å²) < 4.78 is 0.763. The zero-order chi connectivity index (χ0) is 17.7. The molecule has 2 aromatic rings. The van der Waals surface area contributed by atoms with Crippen molar-refractivity contribution in [1.29, 1.82) is 0 Å². The van der Waals surface area contributed by atoms with Crippen LogP contribution in [-0.2, 0) is 11.2 Å². The van der Waals surface area contributed by atoms with Crippen molar-refractivity contribution in [1.82, 2.24) is 25.8 Å². The Balaban J connectivity index is 1.86. The first-order chi connectivity index (χ1) is 11.4. The van der Waals surface area contributed by atoms with Crippen LogP contribution in [0.25, 0.3) is 0 Å². The molecule has 0 radical (unpaired) electrons. The maximum Gasteiger partial charge on any atom is 0.286 e.